The van der Waals surface area contributed by atoms with Crippen molar-refractivity contribution in [3.63, 3.8) is 0 Å². The third-order valence-electron chi connectivity index (χ3n) is 1.79. The Bertz CT molecular complexity index is 339. The van der Waals surface area contributed by atoms with Crippen LogP contribution in [-0.2, 0) is 0 Å². The molecule has 0 aliphatic heterocycles. The molecule has 0 saturated heterocycles. The van der Waals surface area contributed by atoms with Crippen LogP contribution >= 0.6 is 0 Å². The summed E-state index contributed by atoms with van der Waals surface area (Å²) in [4.78, 5) is 0. The first-order valence-electron chi connectivity index (χ1n) is 5.72. The van der Waals surface area contributed by atoms with Gasteiger partial charge in [-0.25, -0.2) is 0 Å². The van der Waals surface area contributed by atoms with E-state index in [4.69, 9.17) is 9.32 Å². The Balaban J connectivity index is 3.09. The van der Waals surface area contributed by atoms with Crippen LogP contribution in [0.25, 0.3) is 0 Å². The first-order valence-corrected chi connectivity index (χ1v) is 12.6. The van der Waals surface area contributed by atoms with E-state index in [1.54, 1.807) is 0 Å². The second-order valence-electron chi connectivity index (χ2n) is 6.05. The molecule has 0 atom stereocenters. The van der Waals surface area contributed by atoms with E-state index in [2.05, 4.69) is 51.4 Å². The second-order valence-corrected chi connectivity index (χ2v) is 15.2. The van der Waals surface area contributed by atoms with Crippen LogP contribution in [-0.4, -0.2) is 27.9 Å². The normalized spacial score (nSPS) is 22.1. The minimum atomic E-state index is -1.42. The molecule has 0 fully saturated rings. The van der Waals surface area contributed by atoms with Crippen molar-refractivity contribution < 1.29 is 0 Å². The van der Waals surface area contributed by atoms with E-state index in [-0.39, 0.29) is 0 Å². The highest BCUT2D eigenvalue weighted by Gasteiger charge is 2.18. The molecular formula is C12H22N2Si2. The average Bonchev–Trinajstić information content (AvgIpc) is 2.03. The van der Waals surface area contributed by atoms with Crippen molar-refractivity contribution in [1.82, 2.24) is 0 Å². The lowest BCUT2D eigenvalue weighted by atomic mass is 10.1. The van der Waals surface area contributed by atoms with E-state index >= 15 is 0 Å². The standard InChI is InChI=1S/C12H22N2Si2/c1-15(2,3)13-11-9-7-8-10-12(11)14-16(4,5)6/h7-10H,1-6H3. The predicted octanol–water partition coefficient (Wildman–Crippen LogP) is 3.66. The number of rotatable bonds is 2. The molecule has 88 valence electrons. The molecule has 0 spiro atoms. The Morgan fingerprint density at radius 2 is 1.00 bits per heavy atom. The maximum atomic E-state index is 4.84. The molecule has 0 aromatic carbocycles. The van der Waals surface area contributed by atoms with E-state index in [0.29, 0.717) is 0 Å². The molecule has 1 rings (SSSR count). The maximum absolute atomic E-state index is 4.84. The Morgan fingerprint density at radius 1 is 0.688 bits per heavy atom. The molecule has 0 saturated carbocycles. The molecule has 16 heavy (non-hydrogen) atoms. The van der Waals surface area contributed by atoms with Crippen LogP contribution in [0.4, 0.5) is 0 Å². The Morgan fingerprint density at radius 3 is 1.25 bits per heavy atom. The summed E-state index contributed by atoms with van der Waals surface area (Å²) < 4.78 is 9.69. The van der Waals surface area contributed by atoms with Gasteiger partial charge in [0, 0.05) is 0 Å². The Kier molecular flexibility index (Phi) is 3.85. The van der Waals surface area contributed by atoms with Crippen molar-refractivity contribution in [1.29, 1.82) is 0 Å². The lowest BCUT2D eigenvalue weighted by Gasteiger charge is -2.17. The van der Waals surface area contributed by atoms with E-state index in [1.165, 1.54) is 0 Å². The van der Waals surface area contributed by atoms with Gasteiger partial charge in [-0.15, -0.1) is 0 Å². The molecule has 0 aromatic rings. The topological polar surface area (TPSA) is 24.7 Å². The van der Waals surface area contributed by atoms with Crippen molar-refractivity contribution in [3.05, 3.63) is 24.3 Å². The highest BCUT2D eigenvalue weighted by Crippen LogP contribution is 2.10. The van der Waals surface area contributed by atoms with Gasteiger partial charge in [-0.1, -0.05) is 12.2 Å². The van der Waals surface area contributed by atoms with Crippen molar-refractivity contribution in [2.75, 3.05) is 0 Å². The lowest BCUT2D eigenvalue weighted by molar-refractivity contribution is 1.54. The van der Waals surface area contributed by atoms with Gasteiger partial charge in [0.25, 0.3) is 0 Å². The number of hydrogen-bond donors (Lipinski definition) is 0. The summed E-state index contributed by atoms with van der Waals surface area (Å²) in [6.07, 6.45) is 8.25. The zero-order valence-corrected chi connectivity index (χ0v) is 13.2. The molecule has 0 aromatic heterocycles. The van der Waals surface area contributed by atoms with Crippen molar-refractivity contribution in [2.45, 2.75) is 39.3 Å². The van der Waals surface area contributed by atoms with Crippen molar-refractivity contribution in [2.24, 2.45) is 9.32 Å². The predicted molar refractivity (Wildman–Crippen MR) is 79.8 cm³/mol. The maximum Gasteiger partial charge on any atom is 0.173 e. The van der Waals surface area contributed by atoms with Gasteiger partial charge in [0.2, 0.25) is 0 Å². The van der Waals surface area contributed by atoms with Crippen molar-refractivity contribution in [3.8, 4) is 0 Å². The molecule has 0 radical (unpaired) electrons. The number of nitrogens with zero attached hydrogens (tertiary/aromatic N) is 2. The van der Waals surface area contributed by atoms with Gasteiger partial charge in [0.15, 0.2) is 16.5 Å². The fourth-order valence-corrected chi connectivity index (χ4v) is 3.20. The minimum absolute atomic E-state index is 1.07. The zero-order chi connectivity index (χ0) is 12.4. The molecule has 0 unspecified atom stereocenters. The molecule has 0 N–H and O–H groups in total. The van der Waals surface area contributed by atoms with Crippen LogP contribution in [0.5, 0.6) is 0 Å². The number of hydrogen-bond acceptors (Lipinski definition) is 2. The molecule has 1 aliphatic carbocycles. The van der Waals surface area contributed by atoms with E-state index in [1.807, 2.05) is 12.2 Å². The summed E-state index contributed by atoms with van der Waals surface area (Å²) in [5.74, 6) is 0. The smallest absolute Gasteiger partial charge is 0.173 e. The van der Waals surface area contributed by atoms with Crippen LogP contribution in [0.2, 0.25) is 39.3 Å². The van der Waals surface area contributed by atoms with Gasteiger partial charge in [0.05, 0.1) is 11.4 Å². The first-order chi connectivity index (χ1) is 7.17. The fourth-order valence-electron chi connectivity index (χ4n) is 1.38. The lowest BCUT2D eigenvalue weighted by Crippen LogP contribution is -2.27. The monoisotopic (exact) mass is 250 g/mol. The van der Waals surface area contributed by atoms with Crippen LogP contribution < -0.4 is 0 Å². The largest absolute Gasteiger partial charge is 0.320 e. The van der Waals surface area contributed by atoms with Crippen LogP contribution in [0, 0.1) is 0 Å². The molecule has 0 heterocycles. The quantitative estimate of drug-likeness (QED) is 0.528. The summed E-state index contributed by atoms with van der Waals surface area (Å²) in [5.41, 5.74) is 2.15. The molecule has 0 bridgehead atoms. The van der Waals surface area contributed by atoms with Crippen molar-refractivity contribution >= 4 is 27.9 Å². The highest BCUT2D eigenvalue weighted by atomic mass is 28.3. The average molecular weight is 250 g/mol. The van der Waals surface area contributed by atoms with Gasteiger partial charge in [-0.2, -0.15) is 0 Å². The summed E-state index contributed by atoms with van der Waals surface area (Å²) >= 11 is 0. The van der Waals surface area contributed by atoms with E-state index in [0.717, 1.165) is 11.4 Å². The van der Waals surface area contributed by atoms with Gasteiger partial charge in [-0.05, 0) is 51.4 Å². The Labute approximate surface area is 101 Å². The van der Waals surface area contributed by atoms with Gasteiger partial charge >= 0.3 is 0 Å². The van der Waals surface area contributed by atoms with E-state index < -0.39 is 16.5 Å². The molecule has 0 amide bonds. The fraction of sp³-hybridized carbons (Fsp3) is 0.500. The molecule has 4 heteroatoms. The second kappa shape index (κ2) is 4.63. The SMILES string of the molecule is C[Si](C)(C)N=C1C=CC=CC1=N[Si](C)(C)C. The molecule has 1 aliphatic rings. The van der Waals surface area contributed by atoms with Crippen LogP contribution in [0.1, 0.15) is 0 Å². The molecule has 2 nitrogen and oxygen atoms in total. The zero-order valence-electron chi connectivity index (χ0n) is 11.2. The summed E-state index contributed by atoms with van der Waals surface area (Å²) in [6.45, 7) is 13.5. The van der Waals surface area contributed by atoms with E-state index in [9.17, 15) is 0 Å². The number of allylic oxidation sites excluding steroid dienone is 4. The van der Waals surface area contributed by atoms with Gasteiger partial charge in [-0.3, -0.25) is 0 Å². The highest BCUT2D eigenvalue weighted by molar-refractivity contribution is 6.80. The first kappa shape index (κ1) is 13.3. The Hall–Kier alpha value is -0.746. The molecular weight excluding hydrogens is 228 g/mol. The van der Waals surface area contributed by atoms with Crippen LogP contribution in [0.3, 0.4) is 0 Å². The van der Waals surface area contributed by atoms with Gasteiger partial charge < -0.3 is 9.32 Å². The summed E-state index contributed by atoms with van der Waals surface area (Å²) in [6, 6.07) is 0. The van der Waals surface area contributed by atoms with Crippen LogP contribution in [0.15, 0.2) is 33.6 Å². The third kappa shape index (κ3) is 4.85. The summed E-state index contributed by atoms with van der Waals surface area (Å²) in [5, 5.41) is 0. The summed E-state index contributed by atoms with van der Waals surface area (Å²) in [7, 11) is -2.85. The van der Waals surface area contributed by atoms with Gasteiger partial charge in [0.1, 0.15) is 0 Å². The minimum Gasteiger partial charge on any atom is -0.320 e. The third-order valence-corrected chi connectivity index (χ3v) is 3.62.